The molecule has 2 rings (SSSR count). The van der Waals surface area contributed by atoms with Crippen LogP contribution in [0, 0.1) is 11.8 Å². The summed E-state index contributed by atoms with van der Waals surface area (Å²) in [5, 5.41) is 0. The SMILES string of the molecule is CC1CCC(CN)(N2C(=O)CC(C)CC2=O)CC1. The van der Waals surface area contributed by atoms with Gasteiger partial charge in [-0.05, 0) is 37.5 Å². The van der Waals surface area contributed by atoms with E-state index >= 15 is 0 Å². The van der Waals surface area contributed by atoms with Crippen LogP contribution < -0.4 is 5.73 Å². The summed E-state index contributed by atoms with van der Waals surface area (Å²) in [6.07, 6.45) is 4.84. The zero-order chi connectivity index (χ0) is 13.3. The van der Waals surface area contributed by atoms with Gasteiger partial charge < -0.3 is 5.73 Å². The second-order valence-corrected chi connectivity index (χ2v) is 6.25. The average Bonchev–Trinajstić information content (AvgIpc) is 2.30. The first-order valence-electron chi connectivity index (χ1n) is 7.04. The number of hydrogen-bond donors (Lipinski definition) is 1. The first kappa shape index (κ1) is 13.5. The van der Waals surface area contributed by atoms with Crippen molar-refractivity contribution in [2.24, 2.45) is 17.6 Å². The third kappa shape index (κ3) is 2.30. The predicted octanol–water partition coefficient (Wildman–Crippen LogP) is 1.68. The lowest BCUT2D eigenvalue weighted by atomic mass is 9.74. The number of amides is 2. The first-order valence-corrected chi connectivity index (χ1v) is 7.04. The van der Waals surface area contributed by atoms with E-state index in [4.69, 9.17) is 5.73 Å². The van der Waals surface area contributed by atoms with Crippen molar-refractivity contribution in [2.45, 2.75) is 57.9 Å². The molecule has 2 aliphatic rings. The van der Waals surface area contributed by atoms with Crippen molar-refractivity contribution < 1.29 is 9.59 Å². The minimum Gasteiger partial charge on any atom is -0.328 e. The molecule has 0 bridgehead atoms. The van der Waals surface area contributed by atoms with Crippen LogP contribution in [0.5, 0.6) is 0 Å². The van der Waals surface area contributed by atoms with E-state index in [0.29, 0.717) is 25.3 Å². The molecule has 1 aliphatic carbocycles. The van der Waals surface area contributed by atoms with Gasteiger partial charge in [0.25, 0.3) is 0 Å². The van der Waals surface area contributed by atoms with Gasteiger partial charge in [-0.3, -0.25) is 14.5 Å². The van der Waals surface area contributed by atoms with Gasteiger partial charge in [-0.15, -0.1) is 0 Å². The Labute approximate surface area is 109 Å². The van der Waals surface area contributed by atoms with E-state index in [1.807, 2.05) is 6.92 Å². The van der Waals surface area contributed by atoms with E-state index in [1.54, 1.807) is 0 Å². The lowest BCUT2D eigenvalue weighted by Crippen LogP contribution is -2.61. The predicted molar refractivity (Wildman–Crippen MR) is 69.7 cm³/mol. The first-order chi connectivity index (χ1) is 8.48. The summed E-state index contributed by atoms with van der Waals surface area (Å²) in [5.74, 6) is 0.828. The van der Waals surface area contributed by atoms with Crippen molar-refractivity contribution in [1.29, 1.82) is 0 Å². The van der Waals surface area contributed by atoms with Crippen LogP contribution in [0.15, 0.2) is 0 Å². The number of carbonyl (C=O) groups is 2. The van der Waals surface area contributed by atoms with E-state index in [1.165, 1.54) is 4.90 Å². The van der Waals surface area contributed by atoms with Crippen LogP contribution in [-0.2, 0) is 9.59 Å². The van der Waals surface area contributed by atoms with E-state index in [9.17, 15) is 9.59 Å². The Morgan fingerprint density at radius 3 is 2.06 bits per heavy atom. The Morgan fingerprint density at radius 2 is 1.61 bits per heavy atom. The van der Waals surface area contributed by atoms with Crippen molar-refractivity contribution in [3.63, 3.8) is 0 Å². The van der Waals surface area contributed by atoms with Crippen LogP contribution in [0.3, 0.4) is 0 Å². The quantitative estimate of drug-likeness (QED) is 0.760. The number of carbonyl (C=O) groups excluding carboxylic acids is 2. The number of likely N-dealkylation sites (tertiary alicyclic amines) is 1. The maximum atomic E-state index is 12.2. The number of hydrogen-bond acceptors (Lipinski definition) is 3. The van der Waals surface area contributed by atoms with Gasteiger partial charge in [-0.25, -0.2) is 0 Å². The molecule has 0 aromatic carbocycles. The summed E-state index contributed by atoms with van der Waals surface area (Å²) < 4.78 is 0. The molecule has 4 nitrogen and oxygen atoms in total. The standard InChI is InChI=1S/C14H24N2O2/c1-10-3-5-14(9-15,6-4-10)16-12(17)7-11(2)8-13(16)18/h10-11H,3-9,15H2,1-2H3. The molecule has 1 saturated carbocycles. The Bertz CT molecular complexity index is 328. The number of nitrogens with zero attached hydrogens (tertiary/aromatic N) is 1. The fourth-order valence-electron chi connectivity index (χ4n) is 3.34. The smallest absolute Gasteiger partial charge is 0.230 e. The topological polar surface area (TPSA) is 63.4 Å². The average molecular weight is 252 g/mol. The summed E-state index contributed by atoms with van der Waals surface area (Å²) in [4.78, 5) is 25.9. The van der Waals surface area contributed by atoms with Crippen LogP contribution >= 0.6 is 0 Å². The maximum Gasteiger partial charge on any atom is 0.230 e. The Kier molecular flexibility index (Phi) is 3.76. The van der Waals surface area contributed by atoms with Crippen LogP contribution in [0.1, 0.15) is 52.4 Å². The third-order valence-corrected chi connectivity index (χ3v) is 4.60. The Morgan fingerprint density at radius 1 is 1.11 bits per heavy atom. The molecule has 4 heteroatoms. The maximum absolute atomic E-state index is 12.2. The van der Waals surface area contributed by atoms with Crippen molar-refractivity contribution in [2.75, 3.05) is 6.54 Å². The minimum atomic E-state index is -0.388. The monoisotopic (exact) mass is 252 g/mol. The molecule has 0 radical (unpaired) electrons. The lowest BCUT2D eigenvalue weighted by Gasteiger charge is -2.48. The van der Waals surface area contributed by atoms with Crippen LogP contribution in [0.4, 0.5) is 0 Å². The molecule has 1 saturated heterocycles. The van der Waals surface area contributed by atoms with Gasteiger partial charge in [-0.2, -0.15) is 0 Å². The highest BCUT2D eigenvalue weighted by molar-refractivity contribution is 5.98. The number of imide groups is 1. The van der Waals surface area contributed by atoms with Crippen molar-refractivity contribution >= 4 is 11.8 Å². The van der Waals surface area contributed by atoms with Gasteiger partial charge in [0.2, 0.25) is 11.8 Å². The highest BCUT2D eigenvalue weighted by atomic mass is 16.2. The molecule has 0 atom stereocenters. The molecule has 0 aromatic rings. The van der Waals surface area contributed by atoms with Crippen molar-refractivity contribution in [1.82, 2.24) is 4.90 Å². The fraction of sp³-hybridized carbons (Fsp3) is 0.857. The van der Waals surface area contributed by atoms with Gasteiger partial charge in [0.1, 0.15) is 0 Å². The highest BCUT2D eigenvalue weighted by Gasteiger charge is 2.46. The van der Waals surface area contributed by atoms with Crippen LogP contribution in [0.25, 0.3) is 0 Å². The Hall–Kier alpha value is -0.900. The summed E-state index contributed by atoms with van der Waals surface area (Å²) >= 11 is 0. The van der Waals surface area contributed by atoms with Crippen molar-refractivity contribution in [3.8, 4) is 0 Å². The molecule has 0 unspecified atom stereocenters. The third-order valence-electron chi connectivity index (χ3n) is 4.60. The molecular formula is C14H24N2O2. The van der Waals surface area contributed by atoms with Gasteiger partial charge in [-0.1, -0.05) is 13.8 Å². The zero-order valence-corrected chi connectivity index (χ0v) is 11.4. The van der Waals surface area contributed by atoms with Gasteiger partial charge in [0.15, 0.2) is 0 Å². The molecule has 2 amide bonds. The van der Waals surface area contributed by atoms with Gasteiger partial charge >= 0.3 is 0 Å². The van der Waals surface area contributed by atoms with Crippen LogP contribution in [-0.4, -0.2) is 28.8 Å². The molecule has 102 valence electrons. The molecule has 2 fully saturated rings. The van der Waals surface area contributed by atoms with E-state index in [2.05, 4.69) is 6.92 Å². The summed E-state index contributed by atoms with van der Waals surface area (Å²) in [6, 6.07) is 0. The summed E-state index contributed by atoms with van der Waals surface area (Å²) in [6.45, 7) is 4.60. The number of piperidine rings is 1. The van der Waals surface area contributed by atoms with Gasteiger partial charge in [0, 0.05) is 19.4 Å². The minimum absolute atomic E-state index is 0.0150. The molecule has 18 heavy (non-hydrogen) atoms. The molecular weight excluding hydrogens is 228 g/mol. The van der Waals surface area contributed by atoms with E-state index < -0.39 is 0 Å². The number of rotatable bonds is 2. The largest absolute Gasteiger partial charge is 0.328 e. The normalized spacial score (nSPS) is 35.1. The van der Waals surface area contributed by atoms with E-state index in [-0.39, 0.29) is 23.3 Å². The molecule has 1 heterocycles. The zero-order valence-electron chi connectivity index (χ0n) is 11.4. The molecule has 2 N–H and O–H groups in total. The lowest BCUT2D eigenvalue weighted by molar-refractivity contribution is -0.159. The molecule has 0 aromatic heterocycles. The Balaban J connectivity index is 2.21. The summed E-state index contributed by atoms with van der Waals surface area (Å²) in [5.41, 5.74) is 5.54. The van der Waals surface area contributed by atoms with Gasteiger partial charge in [0.05, 0.1) is 5.54 Å². The summed E-state index contributed by atoms with van der Waals surface area (Å²) in [7, 11) is 0. The number of nitrogens with two attached hydrogens (primary N) is 1. The molecule has 1 aliphatic heterocycles. The second-order valence-electron chi connectivity index (χ2n) is 6.25. The second kappa shape index (κ2) is 5.00. The highest BCUT2D eigenvalue weighted by Crippen LogP contribution is 2.38. The van der Waals surface area contributed by atoms with Crippen molar-refractivity contribution in [3.05, 3.63) is 0 Å². The fourth-order valence-corrected chi connectivity index (χ4v) is 3.34. The van der Waals surface area contributed by atoms with Crippen LogP contribution in [0.2, 0.25) is 0 Å². The van der Waals surface area contributed by atoms with E-state index in [0.717, 1.165) is 25.7 Å². The molecule has 0 spiro atoms.